The van der Waals surface area contributed by atoms with E-state index in [0.29, 0.717) is 43.6 Å². The van der Waals surface area contributed by atoms with E-state index in [2.05, 4.69) is 54.7 Å². The Morgan fingerprint density at radius 3 is 2.26 bits per heavy atom. The summed E-state index contributed by atoms with van der Waals surface area (Å²) in [6.45, 7) is 4.41. The first-order valence-corrected chi connectivity index (χ1v) is 12.0. The number of aliphatic hydroxyl groups is 1. The minimum Gasteiger partial charge on any atom is -0.496 e. The maximum Gasteiger partial charge on any atom is 0.130 e. The molecular weight excluding hydrogens is 442 g/mol. The maximum atomic E-state index is 10.0. The van der Waals surface area contributed by atoms with E-state index >= 15 is 0 Å². The quantitative estimate of drug-likeness (QED) is 0.433. The Kier molecular flexibility index (Phi) is 8.29. The number of aliphatic hydroxyl groups excluding tert-OH is 1. The molecule has 1 aliphatic heterocycles. The van der Waals surface area contributed by atoms with Crippen molar-refractivity contribution in [1.29, 1.82) is 0 Å². The summed E-state index contributed by atoms with van der Waals surface area (Å²) in [5.41, 5.74) is 5.25. The molecular formula is C29H35NO5. The van der Waals surface area contributed by atoms with Crippen LogP contribution >= 0.6 is 0 Å². The first kappa shape index (κ1) is 25.0. The summed E-state index contributed by atoms with van der Waals surface area (Å²) in [7, 11) is 3.29. The zero-order valence-electron chi connectivity index (χ0n) is 20.8. The molecule has 1 heterocycles. The van der Waals surface area contributed by atoms with Crippen LogP contribution in [0.2, 0.25) is 0 Å². The van der Waals surface area contributed by atoms with Crippen molar-refractivity contribution in [3.8, 4) is 28.4 Å². The van der Waals surface area contributed by atoms with E-state index in [4.69, 9.17) is 18.9 Å². The highest BCUT2D eigenvalue weighted by Gasteiger charge is 2.32. The molecule has 6 nitrogen and oxygen atoms in total. The van der Waals surface area contributed by atoms with E-state index in [9.17, 15) is 5.11 Å². The summed E-state index contributed by atoms with van der Waals surface area (Å²) in [6.07, 6.45) is 1.52. The van der Waals surface area contributed by atoms with Crippen LogP contribution in [0.1, 0.15) is 29.5 Å². The Morgan fingerprint density at radius 2 is 1.63 bits per heavy atom. The zero-order valence-corrected chi connectivity index (χ0v) is 20.8. The summed E-state index contributed by atoms with van der Waals surface area (Å²) < 4.78 is 23.1. The molecule has 0 aliphatic carbocycles. The number of rotatable bonds is 10. The second-order valence-electron chi connectivity index (χ2n) is 8.96. The molecule has 1 saturated heterocycles. The van der Waals surface area contributed by atoms with Crippen molar-refractivity contribution in [2.24, 2.45) is 0 Å². The molecule has 2 N–H and O–H groups in total. The first-order valence-electron chi connectivity index (χ1n) is 12.0. The highest BCUT2D eigenvalue weighted by atomic mass is 16.5. The molecule has 1 fully saturated rings. The number of methoxy groups -OCH3 is 2. The van der Waals surface area contributed by atoms with E-state index in [0.717, 1.165) is 24.0 Å². The molecule has 0 aromatic heterocycles. The van der Waals surface area contributed by atoms with Crippen LogP contribution in [0.5, 0.6) is 17.2 Å². The highest BCUT2D eigenvalue weighted by molar-refractivity contribution is 5.68. The molecule has 0 saturated carbocycles. The molecule has 186 valence electrons. The zero-order chi connectivity index (χ0) is 24.7. The van der Waals surface area contributed by atoms with Crippen molar-refractivity contribution < 1.29 is 24.1 Å². The van der Waals surface area contributed by atoms with Crippen LogP contribution in [0.3, 0.4) is 0 Å². The maximum absolute atomic E-state index is 10.0. The summed E-state index contributed by atoms with van der Waals surface area (Å²) in [5.74, 6) is 2.04. The van der Waals surface area contributed by atoms with E-state index < -0.39 is 0 Å². The first-order chi connectivity index (χ1) is 17.1. The third-order valence-corrected chi connectivity index (χ3v) is 6.90. The fraction of sp³-hybridized carbons (Fsp3) is 0.379. The van der Waals surface area contributed by atoms with E-state index in [-0.39, 0.29) is 12.1 Å². The molecule has 0 amide bonds. The van der Waals surface area contributed by atoms with Gasteiger partial charge in [-0.25, -0.2) is 0 Å². The van der Waals surface area contributed by atoms with Crippen molar-refractivity contribution in [3.63, 3.8) is 0 Å². The lowest BCUT2D eigenvalue weighted by Gasteiger charge is -2.36. The smallest absolute Gasteiger partial charge is 0.130 e. The number of nitrogens with one attached hydrogen (secondary N) is 1. The molecule has 3 aromatic rings. The van der Waals surface area contributed by atoms with Gasteiger partial charge < -0.3 is 29.4 Å². The van der Waals surface area contributed by atoms with E-state index in [1.807, 2.05) is 18.2 Å². The van der Waals surface area contributed by atoms with Gasteiger partial charge in [-0.2, -0.15) is 0 Å². The Morgan fingerprint density at radius 1 is 0.943 bits per heavy atom. The fourth-order valence-electron chi connectivity index (χ4n) is 4.58. The average Bonchev–Trinajstić information content (AvgIpc) is 2.92. The molecule has 3 aromatic carbocycles. The number of hydrogen-bond donors (Lipinski definition) is 2. The third kappa shape index (κ3) is 5.78. The van der Waals surface area contributed by atoms with E-state index in [1.54, 1.807) is 14.2 Å². The van der Waals surface area contributed by atoms with Crippen LogP contribution in [0.15, 0.2) is 60.7 Å². The Bertz CT molecular complexity index is 1080. The minimum absolute atomic E-state index is 0.0591. The Labute approximate surface area is 207 Å². The summed E-state index contributed by atoms with van der Waals surface area (Å²) in [5, 5.41) is 13.5. The van der Waals surface area contributed by atoms with Crippen molar-refractivity contribution in [3.05, 3.63) is 77.4 Å². The molecule has 35 heavy (non-hydrogen) atoms. The van der Waals surface area contributed by atoms with Gasteiger partial charge in [-0.1, -0.05) is 48.5 Å². The summed E-state index contributed by atoms with van der Waals surface area (Å²) in [6, 6.07) is 20.5. The predicted molar refractivity (Wildman–Crippen MR) is 137 cm³/mol. The molecule has 4 rings (SSSR count). The monoisotopic (exact) mass is 477 g/mol. The SMILES string of the molecule is COc1cc(OCc2cccc(-c3ccccc3)c2C)cc(OC)c1CNC1(CO)CCOCC1. The average molecular weight is 478 g/mol. The van der Waals surface area contributed by atoms with Crippen LogP contribution in [0.4, 0.5) is 0 Å². The van der Waals surface area contributed by atoms with Crippen molar-refractivity contribution in [2.75, 3.05) is 34.0 Å². The number of ether oxygens (including phenoxy) is 4. The summed E-state index contributed by atoms with van der Waals surface area (Å²) >= 11 is 0. The molecule has 6 heteroatoms. The van der Waals surface area contributed by atoms with Crippen LogP contribution in [-0.2, 0) is 17.9 Å². The molecule has 0 unspecified atom stereocenters. The Hall–Kier alpha value is -3.06. The van der Waals surface area contributed by atoms with Gasteiger partial charge in [-0.15, -0.1) is 0 Å². The predicted octanol–water partition coefficient (Wildman–Crippen LogP) is 4.89. The van der Waals surface area contributed by atoms with E-state index in [1.165, 1.54) is 16.7 Å². The van der Waals surface area contributed by atoms with Crippen LogP contribution in [-0.4, -0.2) is 44.7 Å². The van der Waals surface area contributed by atoms with Gasteiger partial charge >= 0.3 is 0 Å². The molecule has 1 aliphatic rings. The van der Waals surface area contributed by atoms with Gasteiger partial charge in [0.2, 0.25) is 0 Å². The molecule has 0 bridgehead atoms. The lowest BCUT2D eigenvalue weighted by molar-refractivity contribution is 0.0110. The van der Waals surface area contributed by atoms with Gasteiger partial charge in [0, 0.05) is 37.4 Å². The topological polar surface area (TPSA) is 69.2 Å². The van der Waals surface area contributed by atoms with Crippen LogP contribution in [0.25, 0.3) is 11.1 Å². The number of benzene rings is 3. The normalized spacial score (nSPS) is 15.0. The van der Waals surface area contributed by atoms with Crippen molar-refractivity contribution in [2.45, 2.75) is 38.5 Å². The fourth-order valence-corrected chi connectivity index (χ4v) is 4.58. The molecule has 0 atom stereocenters. The second kappa shape index (κ2) is 11.6. The van der Waals surface area contributed by atoms with Gasteiger partial charge in [-0.3, -0.25) is 0 Å². The minimum atomic E-state index is -0.356. The Balaban J connectivity index is 1.51. The van der Waals surface area contributed by atoms with Gasteiger partial charge in [0.1, 0.15) is 23.9 Å². The van der Waals surface area contributed by atoms with Crippen molar-refractivity contribution in [1.82, 2.24) is 5.32 Å². The van der Waals surface area contributed by atoms with Gasteiger partial charge in [-0.05, 0) is 42.0 Å². The third-order valence-electron chi connectivity index (χ3n) is 6.90. The second-order valence-corrected chi connectivity index (χ2v) is 8.96. The summed E-state index contributed by atoms with van der Waals surface area (Å²) in [4.78, 5) is 0. The molecule has 0 spiro atoms. The van der Waals surface area contributed by atoms with Gasteiger partial charge in [0.25, 0.3) is 0 Å². The van der Waals surface area contributed by atoms with Crippen LogP contribution < -0.4 is 19.5 Å². The largest absolute Gasteiger partial charge is 0.496 e. The van der Waals surface area contributed by atoms with Crippen LogP contribution in [0, 0.1) is 6.92 Å². The highest BCUT2D eigenvalue weighted by Crippen LogP contribution is 2.36. The molecule has 0 radical (unpaired) electrons. The number of hydrogen-bond acceptors (Lipinski definition) is 6. The van der Waals surface area contributed by atoms with Crippen molar-refractivity contribution >= 4 is 0 Å². The van der Waals surface area contributed by atoms with Gasteiger partial charge in [0.15, 0.2) is 0 Å². The lowest BCUT2D eigenvalue weighted by atomic mass is 9.90. The standard InChI is InChI=1S/C29H35NO5/c1-21-23(10-7-11-25(21)22-8-5-4-6-9-22)19-35-24-16-27(32-2)26(28(17-24)33-3)18-30-29(20-31)12-14-34-15-13-29/h4-11,16-17,30-31H,12-15,18-20H2,1-3H3. The van der Waals surface area contributed by atoms with Gasteiger partial charge in [0.05, 0.1) is 26.4 Å². The lowest BCUT2D eigenvalue weighted by Crippen LogP contribution is -2.51.